The molecule has 0 saturated heterocycles. The Kier molecular flexibility index (Phi) is 8.08. The summed E-state index contributed by atoms with van der Waals surface area (Å²) in [6.07, 6.45) is 3.07. The highest BCUT2D eigenvalue weighted by Crippen LogP contribution is 2.39. The fourth-order valence-corrected chi connectivity index (χ4v) is 3.20. The molecule has 0 atom stereocenters. The van der Waals surface area contributed by atoms with E-state index in [1.54, 1.807) is 30.3 Å². The Morgan fingerprint density at radius 2 is 1.77 bits per heavy atom. The van der Waals surface area contributed by atoms with Crippen molar-refractivity contribution in [2.75, 3.05) is 16.3 Å². The first-order valence-corrected chi connectivity index (χ1v) is 11.4. The molecule has 2 rings (SSSR count). The lowest BCUT2D eigenvalue weighted by Crippen LogP contribution is -2.23. The molecule has 0 fully saturated rings. The summed E-state index contributed by atoms with van der Waals surface area (Å²) in [5, 5.41) is 13.8. The average molecular weight is 449 g/mol. The molecule has 0 saturated carbocycles. The smallest absolute Gasteiger partial charge is 0.296 e. The van der Waals surface area contributed by atoms with Gasteiger partial charge in [0.2, 0.25) is 15.8 Å². The number of ether oxygens (including phenoxy) is 1. The Hall–Kier alpha value is -3.47. The van der Waals surface area contributed by atoms with E-state index in [4.69, 9.17) is 4.74 Å². The van der Waals surface area contributed by atoms with Gasteiger partial charge < -0.3 is 10.1 Å². The highest BCUT2D eigenvalue weighted by Gasteiger charge is 2.24. The monoisotopic (exact) mass is 449 g/mol. The second-order valence-electron chi connectivity index (χ2n) is 6.75. The van der Waals surface area contributed by atoms with Gasteiger partial charge in [-0.15, -0.1) is 0 Å². The molecule has 0 unspecified atom stereocenters. The molecule has 0 radical (unpaired) electrons. The number of nitro groups is 1. The largest absolute Gasteiger partial charge is 0.455 e. The average Bonchev–Trinajstić information content (AvgIpc) is 2.69. The molecule has 10 nitrogen and oxygen atoms in total. The van der Waals surface area contributed by atoms with Gasteiger partial charge in [-0.25, -0.2) is 8.42 Å². The molecule has 0 aromatic heterocycles. The van der Waals surface area contributed by atoms with Gasteiger partial charge in [-0.05, 0) is 24.6 Å². The van der Waals surface area contributed by atoms with Gasteiger partial charge in [0.25, 0.3) is 11.6 Å². The SMILES string of the molecule is CCCCCC(=O)C(=O)Nc1cc(NS(C)(=O)=O)c(Oc2ccccc2)cc1[N+](=O)[O-]. The number of benzene rings is 2. The summed E-state index contributed by atoms with van der Waals surface area (Å²) in [6.45, 7) is 1.95. The lowest BCUT2D eigenvalue weighted by molar-refractivity contribution is -0.384. The highest BCUT2D eigenvalue weighted by atomic mass is 32.2. The van der Waals surface area contributed by atoms with Crippen LogP contribution in [0.1, 0.15) is 32.6 Å². The maximum absolute atomic E-state index is 12.2. The summed E-state index contributed by atoms with van der Waals surface area (Å²) < 4.78 is 31.4. The Morgan fingerprint density at radius 3 is 2.35 bits per heavy atom. The van der Waals surface area contributed by atoms with Gasteiger partial charge >= 0.3 is 0 Å². The Bertz CT molecular complexity index is 1070. The fraction of sp³-hybridized carbons (Fsp3) is 0.300. The van der Waals surface area contributed by atoms with Crippen LogP contribution in [0, 0.1) is 10.1 Å². The number of hydrogen-bond acceptors (Lipinski definition) is 7. The molecule has 31 heavy (non-hydrogen) atoms. The van der Waals surface area contributed by atoms with Crippen LogP contribution in [0.15, 0.2) is 42.5 Å². The van der Waals surface area contributed by atoms with Gasteiger partial charge in [0.1, 0.15) is 11.4 Å². The van der Waals surface area contributed by atoms with E-state index in [9.17, 15) is 28.1 Å². The van der Waals surface area contributed by atoms with Gasteiger partial charge in [-0.3, -0.25) is 24.4 Å². The molecule has 2 N–H and O–H groups in total. The summed E-state index contributed by atoms with van der Waals surface area (Å²) in [5.41, 5.74) is -1.02. The van der Waals surface area contributed by atoms with Crippen molar-refractivity contribution < 1.29 is 27.7 Å². The number of carbonyl (C=O) groups excluding carboxylic acids is 2. The number of rotatable bonds is 11. The van der Waals surface area contributed by atoms with E-state index in [0.29, 0.717) is 12.2 Å². The fourth-order valence-electron chi connectivity index (χ4n) is 2.64. The number of nitro benzene ring substituents is 1. The Balaban J connectivity index is 2.43. The van der Waals surface area contributed by atoms with Crippen LogP contribution in [-0.2, 0) is 19.6 Å². The minimum absolute atomic E-state index is 0.0110. The minimum atomic E-state index is -3.78. The zero-order chi connectivity index (χ0) is 23.0. The molecule has 0 spiro atoms. The normalized spacial score (nSPS) is 10.9. The quantitative estimate of drug-likeness (QED) is 0.229. The van der Waals surface area contributed by atoms with Gasteiger partial charge in [0, 0.05) is 6.42 Å². The number of unbranched alkanes of at least 4 members (excludes halogenated alkanes) is 2. The Labute approximate surface area is 179 Å². The standard InChI is InChI=1S/C20H23N3O7S/c1-3-4-6-11-18(24)20(25)21-15-12-16(22-31(2,28)29)19(13-17(15)23(26)27)30-14-9-7-5-8-10-14/h5,7-10,12-13,22H,3-4,6,11H2,1-2H3,(H,21,25). The molecule has 2 aromatic carbocycles. The summed E-state index contributed by atoms with van der Waals surface area (Å²) in [7, 11) is -3.78. The third-order valence-electron chi connectivity index (χ3n) is 4.07. The number of para-hydroxylation sites is 1. The van der Waals surface area contributed by atoms with Crippen LogP contribution in [-0.4, -0.2) is 31.3 Å². The van der Waals surface area contributed by atoms with E-state index >= 15 is 0 Å². The number of hydrogen-bond donors (Lipinski definition) is 2. The van der Waals surface area contributed by atoms with Gasteiger partial charge in [-0.1, -0.05) is 38.0 Å². The molecule has 0 bridgehead atoms. The van der Waals surface area contributed by atoms with Crippen molar-refractivity contribution in [1.29, 1.82) is 0 Å². The van der Waals surface area contributed by atoms with E-state index in [-0.39, 0.29) is 23.5 Å². The number of ketones is 1. The molecule has 0 heterocycles. The third-order valence-corrected chi connectivity index (χ3v) is 4.66. The lowest BCUT2D eigenvalue weighted by atomic mass is 10.1. The number of sulfonamides is 1. The van der Waals surface area contributed by atoms with Crippen molar-refractivity contribution in [3.8, 4) is 11.5 Å². The molecule has 166 valence electrons. The maximum Gasteiger partial charge on any atom is 0.296 e. The minimum Gasteiger partial charge on any atom is -0.455 e. The number of carbonyl (C=O) groups is 2. The summed E-state index contributed by atoms with van der Waals surface area (Å²) in [4.78, 5) is 35.0. The number of nitrogens with zero attached hydrogens (tertiary/aromatic N) is 1. The van der Waals surface area contributed by atoms with E-state index in [0.717, 1.165) is 31.2 Å². The molecule has 1 amide bonds. The van der Waals surface area contributed by atoms with Crippen molar-refractivity contribution in [3.63, 3.8) is 0 Å². The van der Waals surface area contributed by atoms with E-state index < -0.39 is 32.3 Å². The van der Waals surface area contributed by atoms with Crippen LogP contribution in [0.2, 0.25) is 0 Å². The third kappa shape index (κ3) is 7.37. The number of nitrogens with one attached hydrogen (secondary N) is 2. The second kappa shape index (κ2) is 10.5. The summed E-state index contributed by atoms with van der Waals surface area (Å²) in [5.74, 6) is -1.56. The van der Waals surface area contributed by atoms with E-state index in [1.165, 1.54) is 0 Å². The molecule has 2 aromatic rings. The predicted octanol–water partition coefficient (Wildman–Crippen LogP) is 3.85. The van der Waals surface area contributed by atoms with Gasteiger partial charge in [0.15, 0.2) is 5.75 Å². The molecule has 11 heteroatoms. The van der Waals surface area contributed by atoms with Gasteiger partial charge in [0.05, 0.1) is 22.9 Å². The topological polar surface area (TPSA) is 145 Å². The van der Waals surface area contributed by atoms with Crippen molar-refractivity contribution in [2.24, 2.45) is 0 Å². The molecule has 0 aliphatic heterocycles. The first-order chi connectivity index (χ1) is 14.6. The van der Waals surface area contributed by atoms with Crippen LogP contribution in [0.25, 0.3) is 0 Å². The second-order valence-corrected chi connectivity index (χ2v) is 8.49. The lowest BCUT2D eigenvalue weighted by Gasteiger charge is -2.14. The van der Waals surface area contributed by atoms with Crippen LogP contribution >= 0.6 is 0 Å². The van der Waals surface area contributed by atoms with Crippen molar-refractivity contribution in [2.45, 2.75) is 32.6 Å². The maximum atomic E-state index is 12.2. The zero-order valence-corrected chi connectivity index (χ0v) is 17.9. The predicted molar refractivity (Wildman–Crippen MR) is 116 cm³/mol. The first-order valence-electron chi connectivity index (χ1n) is 9.48. The van der Waals surface area contributed by atoms with Crippen LogP contribution in [0.4, 0.5) is 17.1 Å². The van der Waals surface area contributed by atoms with Crippen molar-refractivity contribution >= 4 is 38.8 Å². The van der Waals surface area contributed by atoms with E-state index in [1.807, 2.05) is 6.92 Å². The van der Waals surface area contributed by atoms with E-state index in [2.05, 4.69) is 10.0 Å². The number of Topliss-reactive ketones (excluding diaryl/α,β-unsaturated/α-hetero) is 1. The number of anilines is 2. The molecular formula is C20H23N3O7S. The van der Waals surface area contributed by atoms with Gasteiger partial charge in [-0.2, -0.15) is 0 Å². The zero-order valence-electron chi connectivity index (χ0n) is 17.1. The first kappa shape index (κ1) is 23.8. The summed E-state index contributed by atoms with van der Waals surface area (Å²) >= 11 is 0. The van der Waals surface area contributed by atoms with Crippen LogP contribution < -0.4 is 14.8 Å². The number of amides is 1. The summed E-state index contributed by atoms with van der Waals surface area (Å²) in [6, 6.07) is 10.3. The van der Waals surface area contributed by atoms with Crippen molar-refractivity contribution in [1.82, 2.24) is 0 Å². The van der Waals surface area contributed by atoms with Crippen LogP contribution in [0.5, 0.6) is 11.5 Å². The molecular weight excluding hydrogens is 426 g/mol. The Morgan fingerprint density at radius 1 is 1.10 bits per heavy atom. The molecule has 0 aliphatic rings. The highest BCUT2D eigenvalue weighted by molar-refractivity contribution is 7.92. The van der Waals surface area contributed by atoms with Crippen molar-refractivity contribution in [3.05, 3.63) is 52.6 Å². The molecule has 0 aliphatic carbocycles. The van der Waals surface area contributed by atoms with Crippen LogP contribution in [0.3, 0.4) is 0 Å².